The lowest BCUT2D eigenvalue weighted by atomic mass is 10.0. The Morgan fingerprint density at radius 2 is 2.07 bits per heavy atom. The SMILES string of the molecule is CNCCc1c(C)c(F)cc(C)c1O. The molecule has 2 nitrogen and oxygen atoms in total. The van der Waals surface area contributed by atoms with Gasteiger partial charge in [-0.05, 0) is 51.1 Å². The number of benzene rings is 1. The van der Waals surface area contributed by atoms with Crippen LogP contribution in [-0.2, 0) is 6.42 Å². The van der Waals surface area contributed by atoms with E-state index in [0.29, 0.717) is 23.1 Å². The van der Waals surface area contributed by atoms with Crippen molar-refractivity contribution in [1.29, 1.82) is 0 Å². The van der Waals surface area contributed by atoms with Crippen LogP contribution >= 0.6 is 0 Å². The molecule has 0 radical (unpaired) electrons. The number of phenols is 1. The van der Waals surface area contributed by atoms with Crippen molar-refractivity contribution in [1.82, 2.24) is 5.32 Å². The number of aryl methyl sites for hydroxylation is 1. The number of phenolic OH excluding ortho intramolecular Hbond substituents is 1. The van der Waals surface area contributed by atoms with Crippen LogP contribution in [0.2, 0.25) is 0 Å². The summed E-state index contributed by atoms with van der Waals surface area (Å²) in [6.07, 6.45) is 0.646. The molecule has 78 valence electrons. The van der Waals surface area contributed by atoms with Gasteiger partial charge in [-0.2, -0.15) is 0 Å². The Bertz CT molecular complexity index is 310. The first-order valence-electron chi connectivity index (χ1n) is 4.70. The minimum Gasteiger partial charge on any atom is -0.507 e. The average Bonchev–Trinajstić information content (AvgIpc) is 2.15. The fraction of sp³-hybridized carbons (Fsp3) is 0.455. The number of hydrogen-bond donors (Lipinski definition) is 2. The van der Waals surface area contributed by atoms with Gasteiger partial charge in [-0.15, -0.1) is 0 Å². The molecule has 14 heavy (non-hydrogen) atoms. The van der Waals surface area contributed by atoms with Crippen molar-refractivity contribution in [2.24, 2.45) is 0 Å². The standard InChI is InChI=1S/C11H16FNO/c1-7-6-10(12)8(2)9(11(7)14)4-5-13-3/h6,13-14H,4-5H2,1-3H3. The van der Waals surface area contributed by atoms with Crippen molar-refractivity contribution in [3.05, 3.63) is 28.6 Å². The molecule has 0 unspecified atom stereocenters. The smallest absolute Gasteiger partial charge is 0.126 e. The predicted octanol–water partition coefficient (Wildman–Crippen LogP) is 1.91. The predicted molar refractivity (Wildman–Crippen MR) is 55.2 cm³/mol. The Balaban J connectivity index is 3.11. The largest absolute Gasteiger partial charge is 0.507 e. The summed E-state index contributed by atoms with van der Waals surface area (Å²) >= 11 is 0. The van der Waals surface area contributed by atoms with Crippen LogP contribution in [0.1, 0.15) is 16.7 Å². The zero-order valence-electron chi connectivity index (χ0n) is 8.82. The van der Waals surface area contributed by atoms with E-state index in [2.05, 4.69) is 5.32 Å². The summed E-state index contributed by atoms with van der Waals surface area (Å²) in [5.41, 5.74) is 1.85. The lowest BCUT2D eigenvalue weighted by molar-refractivity contribution is 0.459. The van der Waals surface area contributed by atoms with Gasteiger partial charge in [0.25, 0.3) is 0 Å². The Morgan fingerprint density at radius 1 is 1.43 bits per heavy atom. The molecule has 0 heterocycles. The van der Waals surface area contributed by atoms with Crippen molar-refractivity contribution in [3.63, 3.8) is 0 Å². The van der Waals surface area contributed by atoms with Crippen LogP contribution in [0.5, 0.6) is 5.75 Å². The van der Waals surface area contributed by atoms with Gasteiger partial charge < -0.3 is 10.4 Å². The highest BCUT2D eigenvalue weighted by molar-refractivity contribution is 5.45. The molecule has 3 heteroatoms. The van der Waals surface area contributed by atoms with Crippen LogP contribution in [-0.4, -0.2) is 18.7 Å². The van der Waals surface area contributed by atoms with Gasteiger partial charge in [0.2, 0.25) is 0 Å². The summed E-state index contributed by atoms with van der Waals surface area (Å²) in [5.74, 6) is -0.0226. The van der Waals surface area contributed by atoms with E-state index in [1.807, 2.05) is 7.05 Å². The fourth-order valence-corrected chi connectivity index (χ4v) is 1.48. The van der Waals surface area contributed by atoms with Crippen molar-refractivity contribution in [2.45, 2.75) is 20.3 Å². The first-order chi connectivity index (χ1) is 6.57. The summed E-state index contributed by atoms with van der Waals surface area (Å²) in [6.45, 7) is 4.14. The Morgan fingerprint density at radius 3 is 2.64 bits per heavy atom. The van der Waals surface area contributed by atoms with E-state index >= 15 is 0 Å². The Hall–Kier alpha value is -1.09. The van der Waals surface area contributed by atoms with Gasteiger partial charge >= 0.3 is 0 Å². The van der Waals surface area contributed by atoms with Gasteiger partial charge in [-0.3, -0.25) is 0 Å². The Kier molecular flexibility index (Phi) is 3.47. The average molecular weight is 197 g/mol. The third-order valence-corrected chi connectivity index (χ3v) is 2.44. The molecule has 2 N–H and O–H groups in total. The zero-order valence-corrected chi connectivity index (χ0v) is 8.82. The molecule has 0 aromatic heterocycles. The number of hydrogen-bond acceptors (Lipinski definition) is 2. The summed E-state index contributed by atoms with van der Waals surface area (Å²) < 4.78 is 13.3. The van der Waals surface area contributed by atoms with Crippen LogP contribution in [0, 0.1) is 19.7 Å². The highest BCUT2D eigenvalue weighted by Crippen LogP contribution is 2.27. The van der Waals surface area contributed by atoms with Crippen LogP contribution < -0.4 is 5.32 Å². The van der Waals surface area contributed by atoms with Gasteiger partial charge in [-0.25, -0.2) is 4.39 Å². The maximum Gasteiger partial charge on any atom is 0.126 e. The normalized spacial score (nSPS) is 10.6. The number of nitrogens with one attached hydrogen (secondary N) is 1. The summed E-state index contributed by atoms with van der Waals surface area (Å²) in [5, 5.41) is 12.7. The lowest BCUT2D eigenvalue weighted by Crippen LogP contribution is -2.11. The van der Waals surface area contributed by atoms with Crippen LogP contribution in [0.3, 0.4) is 0 Å². The van der Waals surface area contributed by atoms with Crippen molar-refractivity contribution < 1.29 is 9.50 Å². The first kappa shape index (κ1) is 11.0. The topological polar surface area (TPSA) is 32.3 Å². The molecule has 0 spiro atoms. The maximum absolute atomic E-state index is 13.3. The van der Waals surface area contributed by atoms with Crippen LogP contribution in [0.25, 0.3) is 0 Å². The van der Waals surface area contributed by atoms with E-state index < -0.39 is 0 Å². The third-order valence-electron chi connectivity index (χ3n) is 2.44. The van der Waals surface area contributed by atoms with Crippen molar-refractivity contribution in [3.8, 4) is 5.75 Å². The Labute approximate surface area is 83.8 Å². The van der Waals surface area contributed by atoms with Crippen LogP contribution in [0.15, 0.2) is 6.07 Å². The van der Waals surface area contributed by atoms with Crippen LogP contribution in [0.4, 0.5) is 4.39 Å². The molecule has 0 atom stereocenters. The number of likely N-dealkylation sites (N-methyl/N-ethyl adjacent to an activating group) is 1. The fourth-order valence-electron chi connectivity index (χ4n) is 1.48. The molecule has 1 aromatic rings. The van der Waals surface area contributed by atoms with Gasteiger partial charge in [0.05, 0.1) is 0 Å². The highest BCUT2D eigenvalue weighted by Gasteiger charge is 2.11. The maximum atomic E-state index is 13.3. The molecule has 0 saturated carbocycles. The quantitative estimate of drug-likeness (QED) is 0.775. The van der Waals surface area contributed by atoms with Crippen molar-refractivity contribution in [2.75, 3.05) is 13.6 Å². The lowest BCUT2D eigenvalue weighted by Gasteiger charge is -2.11. The van der Waals surface area contributed by atoms with E-state index in [9.17, 15) is 9.50 Å². The molecular formula is C11H16FNO. The van der Waals surface area contributed by atoms with Crippen molar-refractivity contribution >= 4 is 0 Å². The number of rotatable bonds is 3. The van der Waals surface area contributed by atoms with E-state index in [4.69, 9.17) is 0 Å². The van der Waals surface area contributed by atoms with Gasteiger partial charge in [0.1, 0.15) is 11.6 Å². The zero-order chi connectivity index (χ0) is 10.7. The molecule has 0 aliphatic rings. The second-order valence-corrected chi connectivity index (χ2v) is 3.48. The molecule has 1 aromatic carbocycles. The monoisotopic (exact) mass is 197 g/mol. The third kappa shape index (κ3) is 2.04. The number of aromatic hydroxyl groups is 1. The van der Waals surface area contributed by atoms with E-state index in [-0.39, 0.29) is 11.6 Å². The second kappa shape index (κ2) is 4.42. The molecule has 0 aliphatic carbocycles. The van der Waals surface area contributed by atoms with E-state index in [0.717, 1.165) is 6.54 Å². The molecule has 0 amide bonds. The molecular weight excluding hydrogens is 181 g/mol. The molecule has 0 bridgehead atoms. The first-order valence-corrected chi connectivity index (χ1v) is 4.70. The van der Waals surface area contributed by atoms with Gasteiger partial charge in [0.15, 0.2) is 0 Å². The van der Waals surface area contributed by atoms with E-state index in [1.165, 1.54) is 6.07 Å². The molecule has 0 aliphatic heterocycles. The second-order valence-electron chi connectivity index (χ2n) is 3.48. The molecule has 0 fully saturated rings. The summed E-state index contributed by atoms with van der Waals surface area (Å²) in [6, 6.07) is 1.37. The minimum absolute atomic E-state index is 0.221. The highest BCUT2D eigenvalue weighted by atomic mass is 19.1. The molecule has 0 saturated heterocycles. The van der Waals surface area contributed by atoms with Gasteiger partial charge in [-0.1, -0.05) is 0 Å². The number of halogens is 1. The summed E-state index contributed by atoms with van der Waals surface area (Å²) in [7, 11) is 1.83. The molecule has 1 rings (SSSR count). The van der Waals surface area contributed by atoms with E-state index in [1.54, 1.807) is 13.8 Å². The van der Waals surface area contributed by atoms with Gasteiger partial charge in [0, 0.05) is 5.56 Å². The minimum atomic E-state index is -0.244. The summed E-state index contributed by atoms with van der Waals surface area (Å²) in [4.78, 5) is 0.